The molecule has 9 rings (SSSR count). The van der Waals surface area contributed by atoms with Gasteiger partial charge in [-0.05, 0) is 125 Å². The third-order valence-electron chi connectivity index (χ3n) is 10.8. The van der Waals surface area contributed by atoms with Gasteiger partial charge in [0.2, 0.25) is 0 Å². The highest BCUT2D eigenvalue weighted by atomic mass is 16.5. The molecule has 2 aliphatic heterocycles. The van der Waals surface area contributed by atoms with E-state index in [0.29, 0.717) is 0 Å². The van der Waals surface area contributed by atoms with E-state index < -0.39 is 0 Å². The van der Waals surface area contributed by atoms with Gasteiger partial charge in [-0.25, -0.2) is 0 Å². The predicted octanol–water partition coefficient (Wildman–Crippen LogP) is 11.5. The summed E-state index contributed by atoms with van der Waals surface area (Å²) in [6.07, 6.45) is 0. The molecule has 0 radical (unpaired) electrons. The zero-order chi connectivity index (χ0) is 36.4. The summed E-state index contributed by atoms with van der Waals surface area (Å²) in [5.74, 6) is 1.81. The van der Waals surface area contributed by atoms with E-state index in [-0.39, 0.29) is 12.1 Å². The van der Waals surface area contributed by atoms with Crippen molar-refractivity contribution in [2.45, 2.75) is 47.0 Å². The van der Waals surface area contributed by atoms with Crippen molar-refractivity contribution in [1.29, 1.82) is 0 Å². The molecule has 2 aliphatic rings. The van der Waals surface area contributed by atoms with Crippen molar-refractivity contribution < 1.29 is 4.74 Å². The Hall–Kier alpha value is -6.00. The Morgan fingerprint density at radius 2 is 1.19 bits per heavy atom. The molecule has 0 aromatic heterocycles. The lowest BCUT2D eigenvalue weighted by molar-refractivity contribution is 0.487. The summed E-state index contributed by atoms with van der Waals surface area (Å²) in [4.78, 5) is 4.80. The minimum absolute atomic E-state index is 0.00803. The fourth-order valence-electron chi connectivity index (χ4n) is 8.21. The molecule has 0 bridgehead atoms. The second-order valence-electron chi connectivity index (χ2n) is 15.7. The molecule has 53 heavy (non-hydrogen) atoms. The molecule has 0 amide bonds. The zero-order valence-electron chi connectivity index (χ0n) is 31.3. The third kappa shape index (κ3) is 5.70. The van der Waals surface area contributed by atoms with Gasteiger partial charge in [0, 0.05) is 40.1 Å². The van der Waals surface area contributed by atoms with E-state index in [4.69, 9.17) is 4.74 Å². The molecule has 258 valence electrons. The monoisotopic (exact) mass is 686 g/mol. The smallest absolute Gasteiger partial charge is 0.256 e. The van der Waals surface area contributed by atoms with Crippen LogP contribution in [0.15, 0.2) is 152 Å². The Morgan fingerprint density at radius 3 is 1.89 bits per heavy atom. The van der Waals surface area contributed by atoms with Gasteiger partial charge in [0.05, 0.1) is 5.69 Å². The molecule has 3 nitrogen and oxygen atoms in total. The van der Waals surface area contributed by atoms with Crippen LogP contribution in [0.5, 0.6) is 11.5 Å². The van der Waals surface area contributed by atoms with E-state index in [1.54, 1.807) is 0 Å². The first-order valence-corrected chi connectivity index (χ1v) is 18.6. The van der Waals surface area contributed by atoms with Gasteiger partial charge in [-0.2, -0.15) is 0 Å². The fraction of sp³-hybridized carbons (Fsp3) is 0.143. The van der Waals surface area contributed by atoms with Crippen molar-refractivity contribution in [2.24, 2.45) is 0 Å². The van der Waals surface area contributed by atoms with E-state index in [1.807, 2.05) is 0 Å². The maximum Gasteiger partial charge on any atom is 0.256 e. The van der Waals surface area contributed by atoms with Crippen molar-refractivity contribution in [1.82, 2.24) is 0 Å². The van der Waals surface area contributed by atoms with Crippen LogP contribution in [0.25, 0.3) is 11.1 Å². The maximum absolute atomic E-state index is 7.03. The molecule has 4 heteroatoms. The SMILES string of the molecule is Cc1cccc(-c2cc(C(C)(C)C)ccc2N2c3cc(C)ccc3B3c4ccc(N(c5ccccc5)c5ccccc5)cc4Oc4cc(C)cc2c43)c1. The number of hydrogen-bond acceptors (Lipinski definition) is 3. The van der Waals surface area contributed by atoms with Crippen LogP contribution in [-0.4, -0.2) is 6.71 Å². The highest BCUT2D eigenvalue weighted by Crippen LogP contribution is 2.47. The zero-order valence-corrected chi connectivity index (χ0v) is 31.3. The van der Waals surface area contributed by atoms with Crippen LogP contribution in [0, 0.1) is 20.8 Å². The molecular formula is C49H43BN2O. The van der Waals surface area contributed by atoms with Crippen LogP contribution in [0.2, 0.25) is 0 Å². The number of fused-ring (bicyclic) bond motifs is 4. The summed E-state index contributed by atoms with van der Waals surface area (Å²) in [5, 5.41) is 0. The average Bonchev–Trinajstić information content (AvgIpc) is 3.15. The largest absolute Gasteiger partial charge is 0.458 e. The van der Waals surface area contributed by atoms with Crippen molar-refractivity contribution in [2.75, 3.05) is 9.80 Å². The van der Waals surface area contributed by atoms with Crippen molar-refractivity contribution in [3.8, 4) is 22.6 Å². The number of anilines is 6. The lowest BCUT2D eigenvalue weighted by Gasteiger charge is -2.41. The minimum Gasteiger partial charge on any atom is -0.458 e. The standard InChI is InChI=1S/C49H43BN2O/c1-32-14-13-15-35(26-32)40-30-36(49(4,5)6)21-25-43(40)52-44-27-33(2)20-23-41(44)50-42-24-22-39(31-46(42)53-47-29-34(3)28-45(52)48(47)50)51(37-16-9-7-10-17-37)38-18-11-8-12-19-38/h7-31H,1-6H3. The lowest BCUT2D eigenvalue weighted by Crippen LogP contribution is -2.59. The van der Waals surface area contributed by atoms with E-state index in [1.165, 1.54) is 61.3 Å². The van der Waals surface area contributed by atoms with E-state index in [2.05, 4.69) is 203 Å². The highest BCUT2D eigenvalue weighted by Gasteiger charge is 2.42. The summed E-state index contributed by atoms with van der Waals surface area (Å²) in [6.45, 7) is 13.5. The van der Waals surface area contributed by atoms with E-state index in [0.717, 1.165) is 34.1 Å². The normalized spacial score (nSPS) is 12.8. The van der Waals surface area contributed by atoms with Crippen molar-refractivity contribution in [3.05, 3.63) is 174 Å². The van der Waals surface area contributed by atoms with Gasteiger partial charge >= 0.3 is 0 Å². The first kappa shape index (κ1) is 32.9. The van der Waals surface area contributed by atoms with Gasteiger partial charge in [0.25, 0.3) is 6.71 Å². The number of rotatable bonds is 5. The summed E-state index contributed by atoms with van der Waals surface area (Å²) in [5.41, 5.74) is 17.9. The molecular weight excluding hydrogens is 643 g/mol. The van der Waals surface area contributed by atoms with E-state index >= 15 is 0 Å². The minimum atomic E-state index is 0.00803. The Morgan fingerprint density at radius 1 is 0.509 bits per heavy atom. The van der Waals surface area contributed by atoms with Gasteiger partial charge in [-0.3, -0.25) is 0 Å². The number of benzene rings is 7. The van der Waals surface area contributed by atoms with Crippen LogP contribution in [-0.2, 0) is 5.41 Å². The number of ether oxygens (including phenoxy) is 1. The van der Waals surface area contributed by atoms with E-state index in [9.17, 15) is 0 Å². The number of hydrogen-bond donors (Lipinski definition) is 0. The number of aryl methyl sites for hydroxylation is 3. The fourth-order valence-corrected chi connectivity index (χ4v) is 8.21. The quantitative estimate of drug-likeness (QED) is 0.168. The van der Waals surface area contributed by atoms with Crippen LogP contribution in [0.1, 0.15) is 43.0 Å². The summed E-state index contributed by atoms with van der Waals surface area (Å²) >= 11 is 0. The summed E-state index contributed by atoms with van der Waals surface area (Å²) in [6, 6.07) is 55.4. The van der Waals surface area contributed by atoms with Crippen LogP contribution in [0.4, 0.5) is 34.1 Å². The Kier molecular flexibility index (Phi) is 7.82. The Labute approximate surface area is 314 Å². The molecule has 0 unspecified atom stereocenters. The lowest BCUT2D eigenvalue weighted by atomic mass is 9.34. The third-order valence-corrected chi connectivity index (χ3v) is 10.8. The highest BCUT2D eigenvalue weighted by molar-refractivity contribution is 6.99. The van der Waals surface area contributed by atoms with Gasteiger partial charge in [-0.15, -0.1) is 0 Å². The average molecular weight is 687 g/mol. The number of nitrogens with zero attached hydrogens (tertiary/aromatic N) is 2. The Balaban J connectivity index is 1.26. The molecule has 0 atom stereocenters. The van der Waals surface area contributed by atoms with Gasteiger partial charge in [0.15, 0.2) is 0 Å². The predicted molar refractivity (Wildman–Crippen MR) is 225 cm³/mol. The summed E-state index contributed by atoms with van der Waals surface area (Å²) < 4.78 is 7.03. The molecule has 7 aromatic carbocycles. The first-order chi connectivity index (χ1) is 25.6. The maximum atomic E-state index is 7.03. The summed E-state index contributed by atoms with van der Waals surface area (Å²) in [7, 11) is 0. The van der Waals surface area contributed by atoms with Gasteiger partial charge in [-0.1, -0.05) is 111 Å². The molecule has 2 heterocycles. The van der Waals surface area contributed by atoms with Crippen LogP contribution in [0.3, 0.4) is 0 Å². The number of para-hydroxylation sites is 2. The Bertz CT molecular complexity index is 2480. The second kappa shape index (κ2) is 12.6. The molecule has 0 saturated heterocycles. The molecule has 0 N–H and O–H groups in total. The first-order valence-electron chi connectivity index (χ1n) is 18.6. The molecule has 0 fully saturated rings. The van der Waals surface area contributed by atoms with Crippen molar-refractivity contribution >= 4 is 57.2 Å². The molecule has 0 saturated carbocycles. The van der Waals surface area contributed by atoms with Gasteiger partial charge < -0.3 is 14.5 Å². The molecule has 7 aromatic rings. The van der Waals surface area contributed by atoms with Crippen LogP contribution >= 0.6 is 0 Å². The van der Waals surface area contributed by atoms with Gasteiger partial charge in [0.1, 0.15) is 11.5 Å². The molecule has 0 aliphatic carbocycles. The van der Waals surface area contributed by atoms with Crippen LogP contribution < -0.4 is 30.9 Å². The molecule has 0 spiro atoms. The second-order valence-corrected chi connectivity index (χ2v) is 15.7. The topological polar surface area (TPSA) is 15.7 Å². The van der Waals surface area contributed by atoms with Crippen molar-refractivity contribution in [3.63, 3.8) is 0 Å².